The van der Waals surface area contributed by atoms with Crippen LogP contribution < -0.4 is 10.5 Å². The van der Waals surface area contributed by atoms with Crippen molar-refractivity contribution in [3.05, 3.63) is 58.1 Å². The first-order chi connectivity index (χ1) is 9.79. The molecule has 2 rings (SSSR count). The third-order valence-corrected chi connectivity index (χ3v) is 4.92. The molecule has 0 aliphatic heterocycles. The van der Waals surface area contributed by atoms with Crippen molar-refractivity contribution in [1.29, 1.82) is 0 Å². The number of benzene rings is 2. The van der Waals surface area contributed by atoms with Crippen LogP contribution in [0.3, 0.4) is 0 Å². The van der Waals surface area contributed by atoms with E-state index in [4.69, 9.17) is 18.0 Å². The van der Waals surface area contributed by atoms with E-state index in [1.807, 2.05) is 6.92 Å². The molecule has 0 aliphatic carbocycles. The summed E-state index contributed by atoms with van der Waals surface area (Å²) in [6.45, 7) is 1.89. The number of anilines is 1. The Bertz CT molecular complexity index is 787. The summed E-state index contributed by atoms with van der Waals surface area (Å²) in [6, 6.07) is 11.6. The van der Waals surface area contributed by atoms with E-state index in [2.05, 4.69) is 20.7 Å². The molecule has 21 heavy (non-hydrogen) atoms. The van der Waals surface area contributed by atoms with Crippen molar-refractivity contribution in [1.82, 2.24) is 0 Å². The van der Waals surface area contributed by atoms with Crippen LogP contribution in [0.2, 0.25) is 0 Å². The lowest BCUT2D eigenvalue weighted by Gasteiger charge is -2.12. The van der Waals surface area contributed by atoms with Crippen molar-refractivity contribution in [3.63, 3.8) is 0 Å². The lowest BCUT2D eigenvalue weighted by atomic mass is 10.2. The molecule has 3 N–H and O–H groups in total. The van der Waals surface area contributed by atoms with Crippen molar-refractivity contribution in [2.24, 2.45) is 5.73 Å². The Morgan fingerprint density at radius 2 is 1.81 bits per heavy atom. The van der Waals surface area contributed by atoms with Crippen LogP contribution in [0.1, 0.15) is 11.1 Å². The normalized spacial score (nSPS) is 11.1. The number of hydrogen-bond donors (Lipinski definition) is 2. The second-order valence-corrected chi connectivity index (χ2v) is 7.51. The van der Waals surface area contributed by atoms with Gasteiger partial charge in [-0.05, 0) is 37.3 Å². The summed E-state index contributed by atoms with van der Waals surface area (Å²) in [5.41, 5.74) is 7.43. The molecule has 0 heterocycles. The molecule has 2 aromatic rings. The monoisotopic (exact) mass is 384 g/mol. The molecular formula is C14H13BrN2O2S2. The predicted octanol–water partition coefficient (Wildman–Crippen LogP) is 3.19. The zero-order chi connectivity index (χ0) is 15.6. The number of aryl methyl sites for hydroxylation is 1. The maximum Gasteiger partial charge on any atom is 0.261 e. The first-order valence-electron chi connectivity index (χ1n) is 5.98. The number of nitrogens with one attached hydrogen (secondary N) is 1. The van der Waals surface area contributed by atoms with Crippen LogP contribution in [-0.4, -0.2) is 13.4 Å². The molecule has 0 saturated heterocycles. The lowest BCUT2D eigenvalue weighted by Crippen LogP contribution is -2.18. The van der Waals surface area contributed by atoms with Gasteiger partial charge in [0.25, 0.3) is 10.0 Å². The van der Waals surface area contributed by atoms with Crippen molar-refractivity contribution in [2.45, 2.75) is 11.8 Å². The highest BCUT2D eigenvalue weighted by Gasteiger charge is 2.17. The van der Waals surface area contributed by atoms with Crippen LogP contribution in [0.4, 0.5) is 5.69 Å². The van der Waals surface area contributed by atoms with Gasteiger partial charge in [0, 0.05) is 10.0 Å². The largest absolute Gasteiger partial charge is 0.389 e. The summed E-state index contributed by atoms with van der Waals surface area (Å²) in [6.07, 6.45) is 0. The highest BCUT2D eigenvalue weighted by molar-refractivity contribution is 9.10. The first-order valence-corrected chi connectivity index (χ1v) is 8.67. The van der Waals surface area contributed by atoms with E-state index in [0.29, 0.717) is 11.3 Å². The van der Waals surface area contributed by atoms with Gasteiger partial charge >= 0.3 is 0 Å². The molecular weight excluding hydrogens is 372 g/mol. The van der Waals surface area contributed by atoms with Crippen LogP contribution in [0.15, 0.2) is 51.8 Å². The van der Waals surface area contributed by atoms with E-state index in [1.54, 1.807) is 42.5 Å². The maximum absolute atomic E-state index is 12.4. The average molecular weight is 385 g/mol. The minimum absolute atomic E-state index is 0.129. The molecule has 0 aliphatic rings. The Hall–Kier alpha value is -1.44. The van der Waals surface area contributed by atoms with E-state index < -0.39 is 10.0 Å². The van der Waals surface area contributed by atoms with Gasteiger partial charge in [0.05, 0.1) is 10.6 Å². The van der Waals surface area contributed by atoms with E-state index in [1.165, 1.54) is 0 Å². The minimum atomic E-state index is -3.69. The minimum Gasteiger partial charge on any atom is -0.389 e. The molecule has 0 fully saturated rings. The SMILES string of the molecule is Cc1ccc(S(=O)(=O)Nc2cc(Br)ccc2C(N)=S)cc1. The molecule has 7 heteroatoms. The van der Waals surface area contributed by atoms with E-state index >= 15 is 0 Å². The Morgan fingerprint density at radius 1 is 1.19 bits per heavy atom. The number of hydrogen-bond acceptors (Lipinski definition) is 3. The molecule has 4 nitrogen and oxygen atoms in total. The Morgan fingerprint density at radius 3 is 2.38 bits per heavy atom. The lowest BCUT2D eigenvalue weighted by molar-refractivity contribution is 0.601. The highest BCUT2D eigenvalue weighted by Crippen LogP contribution is 2.24. The number of rotatable bonds is 4. The van der Waals surface area contributed by atoms with Gasteiger partial charge in [-0.3, -0.25) is 4.72 Å². The maximum atomic E-state index is 12.4. The van der Waals surface area contributed by atoms with E-state index in [9.17, 15) is 8.42 Å². The third-order valence-electron chi connectivity index (χ3n) is 2.82. The van der Waals surface area contributed by atoms with Gasteiger partial charge in [0.2, 0.25) is 0 Å². The van der Waals surface area contributed by atoms with Gasteiger partial charge in [-0.1, -0.05) is 45.8 Å². The number of thiocarbonyl (C=S) groups is 1. The van der Waals surface area contributed by atoms with Crippen LogP contribution in [0.25, 0.3) is 0 Å². The first kappa shape index (κ1) is 15.9. The Balaban J connectivity index is 2.43. The van der Waals surface area contributed by atoms with Gasteiger partial charge < -0.3 is 5.73 Å². The summed E-state index contributed by atoms with van der Waals surface area (Å²) >= 11 is 8.24. The van der Waals surface area contributed by atoms with E-state index in [-0.39, 0.29) is 9.88 Å². The molecule has 0 saturated carbocycles. The van der Waals surface area contributed by atoms with Crippen LogP contribution in [-0.2, 0) is 10.0 Å². The summed E-state index contributed by atoms with van der Waals surface area (Å²) in [4.78, 5) is 0.311. The smallest absolute Gasteiger partial charge is 0.261 e. The van der Waals surface area contributed by atoms with Gasteiger partial charge in [-0.2, -0.15) is 0 Å². The fourth-order valence-corrected chi connectivity index (χ4v) is 3.35. The van der Waals surface area contributed by atoms with Crippen molar-refractivity contribution >= 4 is 48.8 Å². The molecule has 0 bridgehead atoms. The fourth-order valence-electron chi connectivity index (χ4n) is 1.74. The van der Waals surface area contributed by atoms with Gasteiger partial charge in [-0.15, -0.1) is 0 Å². The van der Waals surface area contributed by atoms with Crippen LogP contribution in [0, 0.1) is 6.92 Å². The number of halogens is 1. The Kier molecular flexibility index (Phi) is 4.65. The topological polar surface area (TPSA) is 72.2 Å². The quantitative estimate of drug-likeness (QED) is 0.793. The molecule has 110 valence electrons. The predicted molar refractivity (Wildman–Crippen MR) is 92.0 cm³/mol. The summed E-state index contributed by atoms with van der Waals surface area (Å²) < 4.78 is 28.0. The van der Waals surface area contributed by atoms with Crippen molar-refractivity contribution in [3.8, 4) is 0 Å². The van der Waals surface area contributed by atoms with Gasteiger partial charge in [-0.25, -0.2) is 8.42 Å². The second kappa shape index (κ2) is 6.13. The molecule has 2 aromatic carbocycles. The summed E-state index contributed by atoms with van der Waals surface area (Å²) in [5, 5.41) is 0. The summed E-state index contributed by atoms with van der Waals surface area (Å²) in [5.74, 6) is 0. The van der Waals surface area contributed by atoms with Crippen LogP contribution in [0.5, 0.6) is 0 Å². The molecule has 0 unspecified atom stereocenters. The highest BCUT2D eigenvalue weighted by atomic mass is 79.9. The zero-order valence-corrected chi connectivity index (χ0v) is 14.3. The molecule has 0 aromatic heterocycles. The molecule has 0 amide bonds. The molecule has 0 radical (unpaired) electrons. The molecule has 0 atom stereocenters. The second-order valence-electron chi connectivity index (χ2n) is 4.47. The van der Waals surface area contributed by atoms with Gasteiger partial charge in [0.1, 0.15) is 4.99 Å². The fraction of sp³-hybridized carbons (Fsp3) is 0.0714. The average Bonchev–Trinajstić information content (AvgIpc) is 2.38. The Labute approximate surface area is 137 Å². The zero-order valence-electron chi connectivity index (χ0n) is 11.1. The van der Waals surface area contributed by atoms with E-state index in [0.717, 1.165) is 10.0 Å². The van der Waals surface area contributed by atoms with Gasteiger partial charge in [0.15, 0.2) is 0 Å². The molecule has 0 spiro atoms. The number of sulfonamides is 1. The standard InChI is InChI=1S/C14H13BrN2O2S2/c1-9-2-5-11(6-3-9)21(18,19)17-13-8-10(15)4-7-12(13)14(16)20/h2-8,17H,1H3,(H2,16,20). The summed E-state index contributed by atoms with van der Waals surface area (Å²) in [7, 11) is -3.69. The van der Waals surface area contributed by atoms with Crippen molar-refractivity contribution in [2.75, 3.05) is 4.72 Å². The van der Waals surface area contributed by atoms with Crippen molar-refractivity contribution < 1.29 is 8.42 Å². The third kappa shape index (κ3) is 3.81. The number of nitrogens with two attached hydrogens (primary N) is 1. The van der Waals surface area contributed by atoms with Crippen LogP contribution >= 0.6 is 28.1 Å².